The predicted octanol–water partition coefficient (Wildman–Crippen LogP) is 0.799. The molecule has 110 valence electrons. The van der Waals surface area contributed by atoms with Gasteiger partial charge in [0.15, 0.2) is 0 Å². The summed E-state index contributed by atoms with van der Waals surface area (Å²) in [6.45, 7) is 5.08. The van der Waals surface area contributed by atoms with Gasteiger partial charge in [0.05, 0.1) is 23.5 Å². The second-order valence-corrected chi connectivity index (χ2v) is 5.98. The molecule has 4 rings (SSSR count). The fourth-order valence-electron chi connectivity index (χ4n) is 3.93. The molecule has 2 saturated heterocycles. The van der Waals surface area contributed by atoms with Crippen molar-refractivity contribution in [3.63, 3.8) is 0 Å². The molecule has 2 aromatic heterocycles. The molecule has 1 N–H and O–H groups in total. The zero-order chi connectivity index (χ0) is 14.4. The fraction of sp³-hybridized carbons (Fsp3) is 0.533. The fourth-order valence-corrected chi connectivity index (χ4v) is 3.93. The number of fused-ring (bicyclic) bond motifs is 2. The predicted molar refractivity (Wildman–Crippen MR) is 78.0 cm³/mol. The van der Waals surface area contributed by atoms with Crippen molar-refractivity contribution in [2.75, 3.05) is 19.6 Å². The number of likely N-dealkylation sites (tertiary alicyclic amines) is 1. The molecule has 4 heterocycles. The van der Waals surface area contributed by atoms with Crippen molar-refractivity contribution >= 4 is 11.4 Å². The minimum atomic E-state index is 0.0965. The lowest BCUT2D eigenvalue weighted by molar-refractivity contribution is 0.0713. The van der Waals surface area contributed by atoms with E-state index in [1.54, 1.807) is 29.3 Å². The normalized spacial score (nSPS) is 28.2. The first-order chi connectivity index (χ1) is 10.3. The van der Waals surface area contributed by atoms with Crippen molar-refractivity contribution < 1.29 is 4.79 Å². The molecule has 1 amide bonds. The molecule has 6 heteroatoms. The van der Waals surface area contributed by atoms with Crippen LogP contribution >= 0.6 is 0 Å². The molecule has 0 aromatic carbocycles. The van der Waals surface area contributed by atoms with E-state index in [-0.39, 0.29) is 5.91 Å². The Morgan fingerprint density at radius 1 is 1.43 bits per heavy atom. The molecule has 21 heavy (non-hydrogen) atoms. The van der Waals surface area contributed by atoms with Gasteiger partial charge in [-0.15, -0.1) is 0 Å². The highest BCUT2D eigenvalue weighted by Crippen LogP contribution is 2.35. The highest BCUT2D eigenvalue weighted by Gasteiger charge is 2.45. The topological polar surface area (TPSA) is 62.5 Å². The number of hydrogen-bond acceptors (Lipinski definition) is 4. The van der Waals surface area contributed by atoms with E-state index < -0.39 is 0 Å². The minimum Gasteiger partial charge on any atom is -0.335 e. The summed E-state index contributed by atoms with van der Waals surface area (Å²) >= 11 is 0. The number of rotatable bonds is 2. The summed E-state index contributed by atoms with van der Waals surface area (Å²) in [7, 11) is 0. The Bertz CT molecular complexity index is 682. The Morgan fingerprint density at radius 2 is 2.33 bits per heavy atom. The van der Waals surface area contributed by atoms with E-state index in [0.717, 1.165) is 31.6 Å². The molecule has 0 radical (unpaired) electrons. The number of carbonyl (C=O) groups excluding carboxylic acids is 1. The van der Waals surface area contributed by atoms with Crippen LogP contribution in [0.4, 0.5) is 0 Å². The highest BCUT2D eigenvalue weighted by molar-refractivity contribution is 6.00. The maximum atomic E-state index is 12.9. The molecule has 2 aromatic rings. The Kier molecular flexibility index (Phi) is 2.92. The molecule has 6 nitrogen and oxygen atoms in total. The van der Waals surface area contributed by atoms with Gasteiger partial charge >= 0.3 is 0 Å². The van der Waals surface area contributed by atoms with Crippen LogP contribution in [0.15, 0.2) is 24.8 Å². The Labute approximate surface area is 123 Å². The molecule has 0 aliphatic carbocycles. The number of hydrogen-bond donors (Lipinski definition) is 1. The first kappa shape index (κ1) is 12.8. The van der Waals surface area contributed by atoms with Crippen molar-refractivity contribution in [1.29, 1.82) is 0 Å². The summed E-state index contributed by atoms with van der Waals surface area (Å²) in [6.07, 6.45) is 7.82. The van der Waals surface area contributed by atoms with Gasteiger partial charge in [0, 0.05) is 38.1 Å². The van der Waals surface area contributed by atoms with E-state index in [2.05, 4.69) is 27.2 Å². The molecule has 0 spiro atoms. The monoisotopic (exact) mass is 285 g/mol. The van der Waals surface area contributed by atoms with Gasteiger partial charge in [0.25, 0.3) is 5.91 Å². The number of nitrogens with zero attached hydrogens (tertiary/aromatic N) is 4. The third-order valence-electron chi connectivity index (χ3n) is 4.95. The van der Waals surface area contributed by atoms with Crippen LogP contribution in [0.2, 0.25) is 0 Å². The van der Waals surface area contributed by atoms with Crippen LogP contribution in [0.5, 0.6) is 0 Å². The molecule has 2 aliphatic heterocycles. The zero-order valence-electron chi connectivity index (χ0n) is 12.1. The molecule has 0 saturated carbocycles. The van der Waals surface area contributed by atoms with Crippen molar-refractivity contribution in [3.05, 3.63) is 30.4 Å². The summed E-state index contributed by atoms with van der Waals surface area (Å²) in [5.41, 5.74) is 1.45. The maximum absolute atomic E-state index is 12.9. The van der Waals surface area contributed by atoms with Crippen LogP contribution in [0.3, 0.4) is 0 Å². The lowest BCUT2D eigenvalue weighted by Crippen LogP contribution is -2.39. The highest BCUT2D eigenvalue weighted by atomic mass is 16.2. The summed E-state index contributed by atoms with van der Waals surface area (Å²) in [4.78, 5) is 19.1. The Balaban J connectivity index is 1.68. The lowest BCUT2D eigenvalue weighted by Gasteiger charge is -2.26. The number of amides is 1. The zero-order valence-corrected chi connectivity index (χ0v) is 12.1. The number of aromatic nitrogens is 3. The van der Waals surface area contributed by atoms with Gasteiger partial charge in [-0.05, 0) is 18.3 Å². The van der Waals surface area contributed by atoms with Gasteiger partial charge < -0.3 is 10.2 Å². The van der Waals surface area contributed by atoms with Gasteiger partial charge in [0.1, 0.15) is 0 Å². The van der Waals surface area contributed by atoms with Gasteiger partial charge in [-0.2, -0.15) is 5.10 Å². The quantitative estimate of drug-likeness (QED) is 0.886. The Hall–Kier alpha value is -1.95. The summed E-state index contributed by atoms with van der Waals surface area (Å²) in [5.74, 6) is 1.29. The van der Waals surface area contributed by atoms with Crippen molar-refractivity contribution in [2.45, 2.75) is 19.4 Å². The SMILES string of the molecule is CCC1C2CNCC2CN1C(=O)c1cnn2ccncc12. The van der Waals surface area contributed by atoms with E-state index >= 15 is 0 Å². The van der Waals surface area contributed by atoms with Crippen molar-refractivity contribution in [3.8, 4) is 0 Å². The van der Waals surface area contributed by atoms with Gasteiger partial charge in [0.2, 0.25) is 0 Å². The van der Waals surface area contributed by atoms with Crippen LogP contribution in [-0.4, -0.2) is 51.1 Å². The van der Waals surface area contributed by atoms with Crippen molar-refractivity contribution in [1.82, 2.24) is 24.8 Å². The van der Waals surface area contributed by atoms with Crippen LogP contribution in [0.1, 0.15) is 23.7 Å². The second kappa shape index (κ2) is 4.80. The van der Waals surface area contributed by atoms with E-state index in [1.165, 1.54) is 0 Å². The molecule has 3 atom stereocenters. The average molecular weight is 285 g/mol. The van der Waals surface area contributed by atoms with Crippen LogP contribution < -0.4 is 5.32 Å². The first-order valence-electron chi connectivity index (χ1n) is 7.58. The molecular formula is C15H19N5O. The standard InChI is InChI=1S/C15H19N5O/c1-2-13-11-6-17-5-10(11)9-19(13)15(21)12-7-18-20-4-3-16-8-14(12)20/h3-4,7-8,10-11,13,17H,2,5-6,9H2,1H3. The van der Waals surface area contributed by atoms with E-state index in [9.17, 15) is 4.79 Å². The summed E-state index contributed by atoms with van der Waals surface area (Å²) < 4.78 is 1.71. The molecule has 2 fully saturated rings. The largest absolute Gasteiger partial charge is 0.335 e. The van der Waals surface area contributed by atoms with Crippen LogP contribution in [0, 0.1) is 11.8 Å². The lowest BCUT2D eigenvalue weighted by atomic mass is 9.93. The van der Waals surface area contributed by atoms with Gasteiger partial charge in [-0.1, -0.05) is 6.92 Å². The molecule has 3 unspecified atom stereocenters. The summed E-state index contributed by atoms with van der Waals surface area (Å²) in [6, 6.07) is 0.337. The average Bonchev–Trinajstić information content (AvgIpc) is 3.19. The first-order valence-corrected chi connectivity index (χ1v) is 7.58. The van der Waals surface area contributed by atoms with E-state index in [0.29, 0.717) is 23.4 Å². The van der Waals surface area contributed by atoms with Crippen LogP contribution in [-0.2, 0) is 0 Å². The molecule has 2 aliphatic rings. The minimum absolute atomic E-state index is 0.0965. The molecular weight excluding hydrogens is 266 g/mol. The third kappa shape index (κ3) is 1.86. The number of nitrogens with one attached hydrogen (secondary N) is 1. The molecule has 0 bridgehead atoms. The van der Waals surface area contributed by atoms with E-state index in [1.807, 2.05) is 0 Å². The van der Waals surface area contributed by atoms with E-state index in [4.69, 9.17) is 0 Å². The Morgan fingerprint density at radius 3 is 3.19 bits per heavy atom. The van der Waals surface area contributed by atoms with Gasteiger partial charge in [-0.25, -0.2) is 4.52 Å². The summed E-state index contributed by atoms with van der Waals surface area (Å²) in [5, 5.41) is 7.70. The third-order valence-corrected chi connectivity index (χ3v) is 4.95. The van der Waals surface area contributed by atoms with Crippen LogP contribution in [0.25, 0.3) is 5.52 Å². The van der Waals surface area contributed by atoms with Crippen molar-refractivity contribution in [2.24, 2.45) is 11.8 Å². The second-order valence-electron chi connectivity index (χ2n) is 5.98. The maximum Gasteiger partial charge on any atom is 0.258 e. The smallest absolute Gasteiger partial charge is 0.258 e. The van der Waals surface area contributed by atoms with Gasteiger partial charge in [-0.3, -0.25) is 9.78 Å². The number of carbonyl (C=O) groups is 1.